The summed E-state index contributed by atoms with van der Waals surface area (Å²) in [5.41, 5.74) is 3.48. The lowest BCUT2D eigenvalue weighted by Gasteiger charge is -2.21. The molecule has 0 aliphatic heterocycles. The number of hydrogen-bond donors (Lipinski definition) is 3. The van der Waals surface area contributed by atoms with Gasteiger partial charge in [0.2, 0.25) is 0 Å². The molecule has 27 heavy (non-hydrogen) atoms. The zero-order chi connectivity index (χ0) is 20.0. The largest absolute Gasteiger partial charge is 0.508 e. The zero-order valence-corrected chi connectivity index (χ0v) is 16.8. The number of ether oxygens (including phenoxy) is 2. The fourth-order valence-corrected chi connectivity index (χ4v) is 4.02. The first-order valence-electron chi connectivity index (χ1n) is 8.80. The summed E-state index contributed by atoms with van der Waals surface area (Å²) in [5.74, 6) is 2.09. The van der Waals surface area contributed by atoms with Gasteiger partial charge in [0.05, 0.1) is 0 Å². The van der Waals surface area contributed by atoms with E-state index in [1.54, 1.807) is 24.3 Å². The van der Waals surface area contributed by atoms with Gasteiger partial charge in [-0.25, -0.2) is 0 Å². The zero-order valence-electron chi connectivity index (χ0n) is 15.9. The van der Waals surface area contributed by atoms with E-state index in [1.807, 2.05) is 13.8 Å². The van der Waals surface area contributed by atoms with E-state index in [0.29, 0.717) is 17.2 Å². The number of hydrogen-bond acceptors (Lipinski definition) is 4. The van der Waals surface area contributed by atoms with Crippen molar-refractivity contribution in [3.8, 4) is 23.0 Å². The lowest BCUT2D eigenvalue weighted by molar-refractivity contribution is 0.300. The molecular formula is C20H25O6P. The van der Waals surface area contributed by atoms with Crippen LogP contribution in [0.3, 0.4) is 0 Å². The van der Waals surface area contributed by atoms with E-state index in [1.165, 1.54) is 0 Å². The Morgan fingerprint density at radius 3 is 2.37 bits per heavy atom. The van der Waals surface area contributed by atoms with Crippen LogP contribution in [0.1, 0.15) is 42.5 Å². The molecule has 0 saturated carbocycles. The fourth-order valence-electron chi connectivity index (χ4n) is 3.70. The van der Waals surface area contributed by atoms with Crippen molar-refractivity contribution in [3.63, 3.8) is 0 Å². The summed E-state index contributed by atoms with van der Waals surface area (Å²) in [4.78, 5) is 17.9. The molecule has 1 aliphatic carbocycles. The first-order chi connectivity index (χ1) is 12.5. The Balaban J connectivity index is 1.92. The lowest BCUT2D eigenvalue weighted by atomic mass is 9.86. The van der Waals surface area contributed by atoms with Crippen LogP contribution in [0.25, 0.3) is 0 Å². The summed E-state index contributed by atoms with van der Waals surface area (Å²) in [6.07, 6.45) is 1.13. The third kappa shape index (κ3) is 4.13. The minimum atomic E-state index is -4.23. The van der Waals surface area contributed by atoms with Crippen LogP contribution in [-0.4, -0.2) is 21.2 Å². The average molecular weight is 392 g/mol. The monoisotopic (exact) mass is 392 g/mol. The molecule has 2 aromatic carbocycles. The third-order valence-corrected chi connectivity index (χ3v) is 5.44. The minimum Gasteiger partial charge on any atom is -0.508 e. The minimum absolute atomic E-state index is 0.0941. The maximum atomic E-state index is 11.0. The normalized spacial score (nSPS) is 15.5. The van der Waals surface area contributed by atoms with Crippen LogP contribution in [0.4, 0.5) is 0 Å². The lowest BCUT2D eigenvalue weighted by Crippen LogP contribution is -2.12. The molecule has 3 rings (SSSR count). The van der Waals surface area contributed by atoms with E-state index in [2.05, 4.69) is 13.8 Å². The SMILES string of the molecule is Cc1cc(OCP(=O)(O)O)cc(C)c1Oc1ccc(O)c2c1CCC2(C)C. The molecule has 0 aromatic heterocycles. The summed E-state index contributed by atoms with van der Waals surface area (Å²) in [5, 5.41) is 10.3. The Morgan fingerprint density at radius 1 is 1.15 bits per heavy atom. The van der Waals surface area contributed by atoms with Crippen LogP contribution in [0.5, 0.6) is 23.0 Å². The maximum Gasteiger partial charge on any atom is 0.362 e. The molecule has 0 heterocycles. The Labute approximate surface area is 158 Å². The van der Waals surface area contributed by atoms with Crippen molar-refractivity contribution < 1.29 is 28.9 Å². The predicted molar refractivity (Wildman–Crippen MR) is 103 cm³/mol. The van der Waals surface area contributed by atoms with Crippen molar-refractivity contribution in [2.45, 2.75) is 46.0 Å². The number of rotatable bonds is 5. The van der Waals surface area contributed by atoms with Crippen LogP contribution >= 0.6 is 7.60 Å². The molecule has 0 spiro atoms. The predicted octanol–water partition coefficient (Wildman–Crippen LogP) is 4.54. The first kappa shape index (κ1) is 19.7. The van der Waals surface area contributed by atoms with Crippen molar-refractivity contribution in [1.82, 2.24) is 0 Å². The van der Waals surface area contributed by atoms with E-state index in [0.717, 1.165) is 40.8 Å². The molecule has 0 unspecified atom stereocenters. The van der Waals surface area contributed by atoms with Crippen LogP contribution < -0.4 is 9.47 Å². The van der Waals surface area contributed by atoms with Gasteiger partial charge in [-0.3, -0.25) is 4.57 Å². The number of benzene rings is 2. The topological polar surface area (TPSA) is 96.2 Å². The first-order valence-corrected chi connectivity index (χ1v) is 10.6. The molecule has 0 bridgehead atoms. The van der Waals surface area contributed by atoms with Gasteiger partial charge in [0.25, 0.3) is 0 Å². The van der Waals surface area contributed by atoms with Crippen molar-refractivity contribution in [1.29, 1.82) is 0 Å². The highest BCUT2D eigenvalue weighted by Gasteiger charge is 2.35. The molecule has 0 fully saturated rings. The smallest absolute Gasteiger partial charge is 0.362 e. The molecule has 7 heteroatoms. The molecule has 3 N–H and O–H groups in total. The van der Waals surface area contributed by atoms with Crippen LogP contribution in [-0.2, 0) is 16.4 Å². The summed E-state index contributed by atoms with van der Waals surface area (Å²) < 4.78 is 22.4. The van der Waals surface area contributed by atoms with E-state index in [-0.39, 0.29) is 5.41 Å². The number of phenolic OH excluding ortho intramolecular Hbond substituents is 1. The average Bonchev–Trinajstić information content (AvgIpc) is 2.87. The van der Waals surface area contributed by atoms with E-state index in [4.69, 9.17) is 19.3 Å². The molecule has 0 radical (unpaired) electrons. The van der Waals surface area contributed by atoms with Gasteiger partial charge >= 0.3 is 7.60 Å². The molecule has 0 amide bonds. The van der Waals surface area contributed by atoms with Crippen LogP contribution in [0.15, 0.2) is 24.3 Å². The molecule has 0 atom stereocenters. The number of phenols is 1. The van der Waals surface area contributed by atoms with Gasteiger partial charge in [-0.15, -0.1) is 0 Å². The highest BCUT2D eigenvalue weighted by Crippen LogP contribution is 2.48. The van der Waals surface area contributed by atoms with E-state index >= 15 is 0 Å². The van der Waals surface area contributed by atoms with Gasteiger partial charge in [-0.05, 0) is 67.5 Å². The van der Waals surface area contributed by atoms with E-state index < -0.39 is 13.9 Å². The van der Waals surface area contributed by atoms with Gasteiger partial charge in [0.15, 0.2) is 6.35 Å². The van der Waals surface area contributed by atoms with Crippen LogP contribution in [0.2, 0.25) is 0 Å². The number of fused-ring (bicyclic) bond motifs is 1. The third-order valence-electron chi connectivity index (χ3n) is 4.97. The van der Waals surface area contributed by atoms with Crippen molar-refractivity contribution in [2.75, 3.05) is 6.35 Å². The molecule has 146 valence electrons. The van der Waals surface area contributed by atoms with Crippen molar-refractivity contribution in [2.24, 2.45) is 0 Å². The van der Waals surface area contributed by atoms with Gasteiger partial charge < -0.3 is 24.4 Å². The van der Waals surface area contributed by atoms with Gasteiger partial charge in [0.1, 0.15) is 23.0 Å². The summed E-state index contributed by atoms with van der Waals surface area (Å²) in [7, 11) is -4.23. The Bertz CT molecular complexity index is 905. The second kappa shape index (κ2) is 6.86. The number of aromatic hydroxyl groups is 1. The molecule has 2 aromatic rings. The quantitative estimate of drug-likeness (QED) is 0.647. The highest BCUT2D eigenvalue weighted by molar-refractivity contribution is 7.51. The maximum absolute atomic E-state index is 11.0. The summed E-state index contributed by atoms with van der Waals surface area (Å²) in [6, 6.07) is 6.85. The Morgan fingerprint density at radius 2 is 1.78 bits per heavy atom. The van der Waals surface area contributed by atoms with Crippen molar-refractivity contribution >= 4 is 7.60 Å². The second-order valence-electron chi connectivity index (χ2n) is 7.75. The second-order valence-corrected chi connectivity index (χ2v) is 9.33. The fraction of sp³-hybridized carbons (Fsp3) is 0.400. The standard InChI is InChI=1S/C20H25O6P/c1-12-9-14(25-11-27(22,23)24)10-13(2)19(12)26-17-6-5-16(21)18-15(17)7-8-20(18,3)4/h5-6,9-10,21H,7-8,11H2,1-4H3,(H2,22,23,24). The summed E-state index contributed by atoms with van der Waals surface area (Å²) >= 11 is 0. The molecule has 1 aliphatic rings. The number of aryl methyl sites for hydroxylation is 2. The molecule has 0 saturated heterocycles. The Hall–Kier alpha value is -2.01. The van der Waals surface area contributed by atoms with Gasteiger partial charge in [-0.2, -0.15) is 0 Å². The summed E-state index contributed by atoms with van der Waals surface area (Å²) in [6.45, 7) is 7.95. The van der Waals surface area contributed by atoms with Gasteiger partial charge in [-0.1, -0.05) is 13.8 Å². The van der Waals surface area contributed by atoms with E-state index in [9.17, 15) is 9.67 Å². The molecule has 6 nitrogen and oxygen atoms in total. The van der Waals surface area contributed by atoms with Crippen molar-refractivity contribution in [3.05, 3.63) is 46.5 Å². The van der Waals surface area contributed by atoms with Crippen LogP contribution in [0, 0.1) is 13.8 Å². The Kier molecular flexibility index (Phi) is 5.02. The van der Waals surface area contributed by atoms with Gasteiger partial charge in [0, 0.05) is 11.1 Å². The molecular weight excluding hydrogens is 367 g/mol. The highest BCUT2D eigenvalue weighted by atomic mass is 31.2.